The van der Waals surface area contributed by atoms with Gasteiger partial charge in [0.15, 0.2) is 0 Å². The third-order valence-electron chi connectivity index (χ3n) is 1.56. The topological polar surface area (TPSA) is 43.4 Å². The molecule has 16 heavy (non-hydrogen) atoms. The van der Waals surface area contributed by atoms with Crippen LogP contribution in [0.15, 0.2) is 0 Å². The summed E-state index contributed by atoms with van der Waals surface area (Å²) in [5, 5.41) is 2.90. The maximum absolute atomic E-state index is 5.26. The lowest BCUT2D eigenvalue weighted by Gasteiger charge is -2.24. The Morgan fingerprint density at radius 1 is 0.562 bits per heavy atom. The van der Waals surface area contributed by atoms with Crippen molar-refractivity contribution in [1.29, 1.82) is 0 Å². The van der Waals surface area contributed by atoms with E-state index in [4.69, 9.17) is 19.4 Å². The molecule has 0 aliphatic heterocycles. The van der Waals surface area contributed by atoms with Crippen LogP contribution in [-0.4, -0.2) is 50.0 Å². The summed E-state index contributed by atoms with van der Waals surface area (Å²) in [6.07, 6.45) is 0. The highest BCUT2D eigenvalue weighted by molar-refractivity contribution is 4.36. The van der Waals surface area contributed by atoms with Crippen LogP contribution in [-0.2, 0) is 19.4 Å². The maximum Gasteiger partial charge on any atom is 0.0692 e. The van der Waals surface area contributed by atoms with Crippen LogP contribution in [0, 0.1) is 0 Å². The molecule has 0 unspecified atom stereocenters. The molecule has 0 aromatic heterocycles. The minimum atomic E-state index is 0.557. The molecule has 0 saturated carbocycles. The standard InChI is InChI=1S/C10H24N2O4/c1-5-13-11(14-6-2)9-10-12(15-7-3)16-8-4/h5-10H2,1-4H3. The molecule has 0 fully saturated rings. The van der Waals surface area contributed by atoms with Gasteiger partial charge in [0.1, 0.15) is 0 Å². The fourth-order valence-electron chi connectivity index (χ4n) is 1.07. The molecule has 0 aliphatic carbocycles. The van der Waals surface area contributed by atoms with E-state index in [-0.39, 0.29) is 0 Å². The maximum atomic E-state index is 5.26. The molecule has 0 saturated heterocycles. The van der Waals surface area contributed by atoms with E-state index in [9.17, 15) is 0 Å². The van der Waals surface area contributed by atoms with E-state index < -0.39 is 0 Å². The van der Waals surface area contributed by atoms with Crippen LogP contribution in [0.25, 0.3) is 0 Å². The summed E-state index contributed by atoms with van der Waals surface area (Å²) in [6.45, 7) is 11.1. The van der Waals surface area contributed by atoms with Crippen LogP contribution in [0.1, 0.15) is 27.7 Å². The second kappa shape index (κ2) is 11.3. The zero-order valence-electron chi connectivity index (χ0n) is 10.8. The van der Waals surface area contributed by atoms with Crippen molar-refractivity contribution in [1.82, 2.24) is 10.5 Å². The lowest BCUT2D eigenvalue weighted by atomic mass is 10.7. The minimum Gasteiger partial charge on any atom is -0.274 e. The molecule has 0 aromatic rings. The predicted octanol–water partition coefficient (Wildman–Crippen LogP) is 1.40. The van der Waals surface area contributed by atoms with Gasteiger partial charge in [0.25, 0.3) is 0 Å². The molecule has 98 valence electrons. The van der Waals surface area contributed by atoms with Gasteiger partial charge in [-0.3, -0.25) is 19.4 Å². The molecule has 0 bridgehead atoms. The monoisotopic (exact) mass is 236 g/mol. The predicted molar refractivity (Wildman–Crippen MR) is 59.9 cm³/mol. The van der Waals surface area contributed by atoms with Gasteiger partial charge >= 0.3 is 0 Å². The summed E-state index contributed by atoms with van der Waals surface area (Å²) in [5.41, 5.74) is 0. The molecule has 0 aromatic carbocycles. The molecular formula is C10H24N2O4. The number of nitrogens with zero attached hydrogens (tertiary/aromatic N) is 2. The van der Waals surface area contributed by atoms with Gasteiger partial charge in [-0.1, -0.05) is 10.5 Å². The van der Waals surface area contributed by atoms with Gasteiger partial charge in [-0.15, -0.1) is 0 Å². The van der Waals surface area contributed by atoms with Gasteiger partial charge in [-0.05, 0) is 27.7 Å². The molecule has 0 aliphatic rings. The van der Waals surface area contributed by atoms with E-state index in [2.05, 4.69) is 0 Å². The summed E-state index contributed by atoms with van der Waals surface area (Å²) in [6, 6.07) is 0. The van der Waals surface area contributed by atoms with Gasteiger partial charge in [-0.2, -0.15) is 0 Å². The van der Waals surface area contributed by atoms with Crippen molar-refractivity contribution in [2.45, 2.75) is 27.7 Å². The minimum absolute atomic E-state index is 0.557. The zero-order valence-corrected chi connectivity index (χ0v) is 10.8. The van der Waals surface area contributed by atoms with Gasteiger partial charge in [-0.25, -0.2) is 0 Å². The Balaban J connectivity index is 3.83. The highest BCUT2D eigenvalue weighted by atomic mass is 17.0. The summed E-state index contributed by atoms with van der Waals surface area (Å²) in [7, 11) is 0. The second-order valence-electron chi connectivity index (χ2n) is 2.78. The van der Waals surface area contributed by atoms with E-state index in [0.717, 1.165) is 0 Å². The Morgan fingerprint density at radius 2 is 0.812 bits per heavy atom. The van der Waals surface area contributed by atoms with E-state index in [0.29, 0.717) is 39.5 Å². The van der Waals surface area contributed by atoms with E-state index >= 15 is 0 Å². The fraction of sp³-hybridized carbons (Fsp3) is 1.00. The molecule has 6 heteroatoms. The molecule has 0 heterocycles. The molecular weight excluding hydrogens is 212 g/mol. The third-order valence-corrected chi connectivity index (χ3v) is 1.56. The average molecular weight is 236 g/mol. The van der Waals surface area contributed by atoms with Crippen LogP contribution < -0.4 is 0 Å². The molecule has 0 amide bonds. The third kappa shape index (κ3) is 7.98. The molecule has 0 spiro atoms. The average Bonchev–Trinajstić information content (AvgIpc) is 2.27. The van der Waals surface area contributed by atoms with Gasteiger partial charge in [0.05, 0.1) is 39.5 Å². The summed E-state index contributed by atoms with van der Waals surface area (Å²) in [4.78, 5) is 21.0. The Kier molecular flexibility index (Phi) is 11.1. The lowest BCUT2D eigenvalue weighted by Crippen LogP contribution is -2.35. The first kappa shape index (κ1) is 15.8. The van der Waals surface area contributed by atoms with E-state index in [1.807, 2.05) is 27.7 Å². The first-order valence-corrected chi connectivity index (χ1v) is 5.85. The van der Waals surface area contributed by atoms with Crippen LogP contribution in [0.2, 0.25) is 0 Å². The smallest absolute Gasteiger partial charge is 0.0692 e. The first-order chi connectivity index (χ1) is 7.78. The summed E-state index contributed by atoms with van der Waals surface area (Å²) < 4.78 is 0. The number of hydroxylamine groups is 4. The van der Waals surface area contributed by atoms with Crippen molar-refractivity contribution in [2.24, 2.45) is 0 Å². The fourth-order valence-corrected chi connectivity index (χ4v) is 1.07. The quantitative estimate of drug-likeness (QED) is 0.505. The van der Waals surface area contributed by atoms with Crippen molar-refractivity contribution in [3.8, 4) is 0 Å². The van der Waals surface area contributed by atoms with E-state index in [1.165, 1.54) is 10.5 Å². The first-order valence-electron chi connectivity index (χ1n) is 5.85. The highest BCUT2D eigenvalue weighted by Crippen LogP contribution is 1.97. The van der Waals surface area contributed by atoms with Crippen molar-refractivity contribution in [3.05, 3.63) is 0 Å². The second-order valence-corrected chi connectivity index (χ2v) is 2.78. The van der Waals surface area contributed by atoms with Gasteiger partial charge in [0, 0.05) is 0 Å². The molecule has 6 nitrogen and oxygen atoms in total. The Morgan fingerprint density at radius 3 is 1.00 bits per heavy atom. The molecule has 0 atom stereocenters. The van der Waals surface area contributed by atoms with Crippen molar-refractivity contribution >= 4 is 0 Å². The molecule has 0 rings (SSSR count). The molecule has 0 radical (unpaired) electrons. The van der Waals surface area contributed by atoms with Gasteiger partial charge < -0.3 is 0 Å². The van der Waals surface area contributed by atoms with Gasteiger partial charge in [0.2, 0.25) is 0 Å². The Hall–Kier alpha value is -0.240. The Labute approximate surface area is 97.8 Å². The Bertz CT molecular complexity index is 121. The van der Waals surface area contributed by atoms with Crippen LogP contribution in [0.3, 0.4) is 0 Å². The van der Waals surface area contributed by atoms with Crippen LogP contribution >= 0.6 is 0 Å². The lowest BCUT2D eigenvalue weighted by molar-refractivity contribution is -0.398. The van der Waals surface area contributed by atoms with Crippen molar-refractivity contribution in [2.75, 3.05) is 39.5 Å². The van der Waals surface area contributed by atoms with Crippen LogP contribution in [0.4, 0.5) is 0 Å². The SMILES string of the molecule is CCON(CCN(OCC)OCC)OCC. The number of hydrogen-bond acceptors (Lipinski definition) is 6. The molecule has 0 N–H and O–H groups in total. The number of rotatable bonds is 11. The van der Waals surface area contributed by atoms with E-state index in [1.54, 1.807) is 0 Å². The zero-order chi connectivity index (χ0) is 12.2. The highest BCUT2D eigenvalue weighted by Gasteiger charge is 2.09. The summed E-state index contributed by atoms with van der Waals surface area (Å²) in [5.74, 6) is 0. The van der Waals surface area contributed by atoms with Crippen LogP contribution in [0.5, 0.6) is 0 Å². The normalized spacial score (nSPS) is 11.6. The van der Waals surface area contributed by atoms with Crippen molar-refractivity contribution in [3.63, 3.8) is 0 Å². The largest absolute Gasteiger partial charge is 0.274 e. The van der Waals surface area contributed by atoms with Crippen molar-refractivity contribution < 1.29 is 19.4 Å². The number of hydrogen-bond donors (Lipinski definition) is 0. The summed E-state index contributed by atoms with van der Waals surface area (Å²) >= 11 is 0.